The van der Waals surface area contributed by atoms with E-state index in [1.807, 2.05) is 24.4 Å². The van der Waals surface area contributed by atoms with E-state index >= 15 is 0 Å². The molecule has 1 amide bonds. The molecule has 1 saturated heterocycles. The van der Waals surface area contributed by atoms with Crippen molar-refractivity contribution in [2.24, 2.45) is 5.92 Å². The first-order chi connectivity index (χ1) is 10.6. The Kier molecular flexibility index (Phi) is 4.26. The fraction of sp³-hybridized carbons (Fsp3) is 0.400. The van der Waals surface area contributed by atoms with Gasteiger partial charge in [0, 0.05) is 13.1 Å². The van der Waals surface area contributed by atoms with Crippen LogP contribution in [-0.4, -0.2) is 40.0 Å². The smallest absolute Gasteiger partial charge is 0.308 e. The lowest BCUT2D eigenvalue weighted by Gasteiger charge is -2.30. The predicted octanol–water partition coefficient (Wildman–Crippen LogP) is 3.12. The number of likely N-dealkylation sites (tertiary alicyclic amines) is 1. The summed E-state index contributed by atoms with van der Waals surface area (Å²) in [6.07, 6.45) is 1.37. The summed E-state index contributed by atoms with van der Waals surface area (Å²) in [5.74, 6) is -1.37. The summed E-state index contributed by atoms with van der Waals surface area (Å²) in [6.45, 7) is 2.74. The van der Waals surface area contributed by atoms with Gasteiger partial charge < -0.3 is 10.0 Å². The van der Waals surface area contributed by atoms with Gasteiger partial charge >= 0.3 is 5.97 Å². The average molecular weight is 336 g/mol. The molecule has 0 aliphatic carbocycles. The number of thiophene rings is 1. The number of nitrogens with zero attached hydrogens (tertiary/aromatic N) is 2. The van der Waals surface area contributed by atoms with E-state index < -0.39 is 11.9 Å². The second kappa shape index (κ2) is 6.18. The number of hydrogen-bond donors (Lipinski definition) is 1. The van der Waals surface area contributed by atoms with Gasteiger partial charge in [0.15, 0.2) is 0 Å². The van der Waals surface area contributed by atoms with Crippen molar-refractivity contribution in [3.05, 3.63) is 28.1 Å². The molecule has 1 atom stereocenters. The van der Waals surface area contributed by atoms with Crippen LogP contribution in [0.5, 0.6) is 0 Å². The number of amides is 1. The number of hydrogen-bond acceptors (Lipinski definition) is 5. The first kappa shape index (κ1) is 15.2. The molecule has 3 heterocycles. The normalized spacial score (nSPS) is 18.4. The lowest BCUT2D eigenvalue weighted by molar-refractivity contribution is -0.143. The molecule has 3 rings (SSSR count). The second-order valence-corrected chi connectivity index (χ2v) is 7.29. The van der Waals surface area contributed by atoms with Gasteiger partial charge in [0.2, 0.25) is 0 Å². The Morgan fingerprint density at radius 1 is 1.45 bits per heavy atom. The zero-order chi connectivity index (χ0) is 15.7. The lowest BCUT2D eigenvalue weighted by Crippen LogP contribution is -2.42. The van der Waals surface area contributed by atoms with Crippen LogP contribution in [0.4, 0.5) is 0 Å². The van der Waals surface area contributed by atoms with Crippen molar-refractivity contribution in [2.45, 2.75) is 19.8 Å². The standard InChI is InChI=1S/C15H16N2O3S2/c1-9-12(22-13(16-9)11-5-3-7-21-11)14(18)17-6-2-4-10(8-17)15(19)20/h3,5,7,10H,2,4,6,8H2,1H3,(H,19,20)/t10-/m0/s1. The van der Waals surface area contributed by atoms with Crippen LogP contribution < -0.4 is 0 Å². The fourth-order valence-corrected chi connectivity index (χ4v) is 4.44. The minimum absolute atomic E-state index is 0.0937. The molecular formula is C15H16N2O3S2. The van der Waals surface area contributed by atoms with Gasteiger partial charge in [0.1, 0.15) is 9.88 Å². The third-order valence-corrected chi connectivity index (χ3v) is 5.97. The highest BCUT2D eigenvalue weighted by Crippen LogP contribution is 2.32. The average Bonchev–Trinajstić information content (AvgIpc) is 3.16. The van der Waals surface area contributed by atoms with E-state index in [0.29, 0.717) is 24.4 Å². The zero-order valence-corrected chi connectivity index (χ0v) is 13.7. The molecule has 116 valence electrons. The summed E-state index contributed by atoms with van der Waals surface area (Å²) >= 11 is 2.98. The van der Waals surface area contributed by atoms with Crippen LogP contribution >= 0.6 is 22.7 Å². The van der Waals surface area contributed by atoms with Crippen molar-refractivity contribution >= 4 is 34.6 Å². The van der Waals surface area contributed by atoms with Gasteiger partial charge in [0.05, 0.1) is 16.5 Å². The van der Waals surface area contributed by atoms with Gasteiger partial charge in [0.25, 0.3) is 5.91 Å². The maximum absolute atomic E-state index is 12.7. The molecule has 1 aliphatic rings. The lowest BCUT2D eigenvalue weighted by atomic mass is 9.98. The van der Waals surface area contributed by atoms with E-state index in [4.69, 9.17) is 5.11 Å². The molecule has 1 aliphatic heterocycles. The van der Waals surface area contributed by atoms with Gasteiger partial charge in [-0.25, -0.2) is 4.98 Å². The summed E-state index contributed by atoms with van der Waals surface area (Å²) < 4.78 is 0. The van der Waals surface area contributed by atoms with Crippen LogP contribution in [0.15, 0.2) is 17.5 Å². The Labute approximate surface area is 136 Å². The molecule has 2 aromatic heterocycles. The first-order valence-corrected chi connectivity index (χ1v) is 8.79. The van der Waals surface area contributed by atoms with Crippen LogP contribution in [0.3, 0.4) is 0 Å². The summed E-state index contributed by atoms with van der Waals surface area (Å²) in [4.78, 5) is 31.6. The number of piperidine rings is 1. The maximum atomic E-state index is 12.7. The molecule has 0 saturated carbocycles. The van der Waals surface area contributed by atoms with Crippen molar-refractivity contribution in [1.29, 1.82) is 0 Å². The van der Waals surface area contributed by atoms with E-state index in [2.05, 4.69) is 4.98 Å². The second-order valence-electron chi connectivity index (χ2n) is 5.34. The van der Waals surface area contributed by atoms with E-state index in [1.54, 1.807) is 16.2 Å². The van der Waals surface area contributed by atoms with Crippen molar-refractivity contribution in [1.82, 2.24) is 9.88 Å². The number of carbonyl (C=O) groups excluding carboxylic acids is 1. The number of carboxylic acids is 1. The molecule has 0 spiro atoms. The van der Waals surface area contributed by atoms with Crippen LogP contribution in [0, 0.1) is 12.8 Å². The van der Waals surface area contributed by atoms with Gasteiger partial charge in [-0.05, 0) is 31.2 Å². The molecule has 22 heavy (non-hydrogen) atoms. The Balaban J connectivity index is 1.82. The van der Waals surface area contributed by atoms with Crippen LogP contribution in [-0.2, 0) is 4.79 Å². The molecule has 0 unspecified atom stereocenters. The molecule has 0 radical (unpaired) electrons. The molecule has 1 fully saturated rings. The summed E-state index contributed by atoms with van der Waals surface area (Å²) in [7, 11) is 0. The van der Waals surface area contributed by atoms with Crippen molar-refractivity contribution in [2.75, 3.05) is 13.1 Å². The minimum Gasteiger partial charge on any atom is -0.481 e. The monoisotopic (exact) mass is 336 g/mol. The summed E-state index contributed by atoms with van der Waals surface area (Å²) in [5, 5.41) is 12.0. The first-order valence-electron chi connectivity index (χ1n) is 7.09. The van der Waals surface area contributed by atoms with Gasteiger partial charge in [-0.3, -0.25) is 9.59 Å². The molecule has 5 nitrogen and oxygen atoms in total. The number of thiazole rings is 1. The fourth-order valence-electron chi connectivity index (χ4n) is 2.61. The Bertz CT molecular complexity index is 694. The van der Waals surface area contributed by atoms with Gasteiger partial charge in [-0.2, -0.15) is 0 Å². The molecular weight excluding hydrogens is 320 g/mol. The van der Waals surface area contributed by atoms with Crippen LogP contribution in [0.2, 0.25) is 0 Å². The zero-order valence-electron chi connectivity index (χ0n) is 12.1. The number of carboxylic acid groups (broad SMARTS) is 1. The number of aryl methyl sites for hydroxylation is 1. The van der Waals surface area contributed by atoms with Crippen LogP contribution in [0.1, 0.15) is 28.2 Å². The molecule has 7 heteroatoms. The Hall–Kier alpha value is -1.73. The Morgan fingerprint density at radius 3 is 2.95 bits per heavy atom. The van der Waals surface area contributed by atoms with Crippen molar-refractivity contribution < 1.29 is 14.7 Å². The molecule has 0 aromatic carbocycles. The highest BCUT2D eigenvalue weighted by atomic mass is 32.1. The molecule has 2 aromatic rings. The number of aliphatic carboxylic acids is 1. The third kappa shape index (κ3) is 2.91. The van der Waals surface area contributed by atoms with E-state index in [9.17, 15) is 9.59 Å². The molecule has 0 bridgehead atoms. The quantitative estimate of drug-likeness (QED) is 0.935. The van der Waals surface area contributed by atoms with Crippen molar-refractivity contribution in [3.8, 4) is 9.88 Å². The topological polar surface area (TPSA) is 70.5 Å². The maximum Gasteiger partial charge on any atom is 0.308 e. The predicted molar refractivity (Wildman–Crippen MR) is 86.4 cm³/mol. The van der Waals surface area contributed by atoms with E-state index in [-0.39, 0.29) is 5.91 Å². The number of rotatable bonds is 3. The number of carbonyl (C=O) groups is 2. The summed E-state index contributed by atoms with van der Waals surface area (Å²) in [6, 6.07) is 3.94. The number of aromatic nitrogens is 1. The largest absolute Gasteiger partial charge is 0.481 e. The van der Waals surface area contributed by atoms with E-state index in [1.165, 1.54) is 11.3 Å². The third-order valence-electron chi connectivity index (χ3n) is 3.78. The van der Waals surface area contributed by atoms with Crippen LogP contribution in [0.25, 0.3) is 9.88 Å². The highest BCUT2D eigenvalue weighted by Gasteiger charge is 2.30. The SMILES string of the molecule is Cc1nc(-c2cccs2)sc1C(=O)N1CCC[C@H](C(=O)O)C1. The van der Waals surface area contributed by atoms with Crippen molar-refractivity contribution in [3.63, 3.8) is 0 Å². The van der Waals surface area contributed by atoms with Gasteiger partial charge in [-0.15, -0.1) is 22.7 Å². The summed E-state index contributed by atoms with van der Waals surface area (Å²) in [5.41, 5.74) is 0.718. The van der Waals surface area contributed by atoms with Gasteiger partial charge in [-0.1, -0.05) is 6.07 Å². The minimum atomic E-state index is -0.821. The highest BCUT2D eigenvalue weighted by molar-refractivity contribution is 7.22. The Morgan fingerprint density at radius 2 is 2.27 bits per heavy atom. The molecule has 1 N–H and O–H groups in total. The van der Waals surface area contributed by atoms with E-state index in [0.717, 1.165) is 22.0 Å².